The van der Waals surface area contributed by atoms with Crippen molar-refractivity contribution in [3.63, 3.8) is 0 Å². The molecule has 0 radical (unpaired) electrons. The minimum absolute atomic E-state index is 0.0218. The molecule has 3 rings (SSSR count). The minimum Gasteiger partial charge on any atom is -0.366 e. The van der Waals surface area contributed by atoms with Crippen LogP contribution in [0.15, 0.2) is 34.9 Å². The van der Waals surface area contributed by atoms with Gasteiger partial charge in [-0.2, -0.15) is 0 Å². The van der Waals surface area contributed by atoms with E-state index in [2.05, 4.69) is 10.5 Å². The number of hydrogen-bond acceptors (Lipinski definition) is 6. The van der Waals surface area contributed by atoms with Gasteiger partial charge in [0.2, 0.25) is 0 Å². The summed E-state index contributed by atoms with van der Waals surface area (Å²) in [6.07, 6.45) is 1.43. The Morgan fingerprint density at radius 2 is 2.08 bits per heavy atom. The molecule has 8 heteroatoms. The summed E-state index contributed by atoms with van der Waals surface area (Å²) in [6.45, 7) is 3.02. The average Bonchev–Trinajstić information content (AvgIpc) is 3.02. The molecule has 1 amide bonds. The number of carbonyl (C=O) groups is 1. The monoisotopic (exact) mass is 330 g/mol. The molecule has 0 saturated carbocycles. The number of rotatable bonds is 4. The van der Waals surface area contributed by atoms with E-state index in [1.54, 1.807) is 31.2 Å². The molecule has 1 aromatic carbocycles. The van der Waals surface area contributed by atoms with Gasteiger partial charge in [-0.15, -0.1) is 0 Å². The molecule has 0 unspecified atom stereocenters. The molecule has 1 fully saturated rings. The third-order valence-electron chi connectivity index (χ3n) is 4.11. The van der Waals surface area contributed by atoms with Crippen molar-refractivity contribution in [2.75, 3.05) is 18.0 Å². The molecule has 2 aromatic rings. The summed E-state index contributed by atoms with van der Waals surface area (Å²) in [4.78, 5) is 24.8. The second kappa shape index (κ2) is 6.69. The summed E-state index contributed by atoms with van der Waals surface area (Å²) in [5.41, 5.74) is 1.01. The summed E-state index contributed by atoms with van der Waals surface area (Å²) >= 11 is 0. The minimum atomic E-state index is -0.365. The Morgan fingerprint density at radius 3 is 2.71 bits per heavy atom. The number of piperidine rings is 1. The molecule has 0 aliphatic carbocycles. The largest absolute Gasteiger partial charge is 0.366 e. The van der Waals surface area contributed by atoms with Gasteiger partial charge in [-0.05, 0) is 25.8 Å². The van der Waals surface area contributed by atoms with Crippen molar-refractivity contribution in [3.8, 4) is 0 Å². The van der Waals surface area contributed by atoms with Crippen molar-refractivity contribution in [1.82, 2.24) is 10.5 Å². The van der Waals surface area contributed by atoms with Crippen molar-refractivity contribution in [2.45, 2.75) is 25.8 Å². The highest BCUT2D eigenvalue weighted by Crippen LogP contribution is 2.29. The number of carbonyl (C=O) groups excluding carboxylic acids is 1. The van der Waals surface area contributed by atoms with Gasteiger partial charge in [0, 0.05) is 31.3 Å². The Labute approximate surface area is 138 Å². The standard InChI is InChI=1S/C16H18N4O4/c1-11-10-13(18-24-11)16(21)17-12-6-8-19(9-7-12)14-4-2-3-5-15(14)20(22)23/h2-5,10,12H,6-9H2,1H3,(H,17,21). The van der Waals surface area contributed by atoms with Crippen molar-refractivity contribution in [3.05, 3.63) is 51.9 Å². The average molecular weight is 330 g/mol. The van der Waals surface area contributed by atoms with Gasteiger partial charge in [0.25, 0.3) is 11.6 Å². The molecule has 0 spiro atoms. The first-order valence-corrected chi connectivity index (χ1v) is 7.77. The van der Waals surface area contributed by atoms with E-state index in [0.717, 1.165) is 0 Å². The van der Waals surface area contributed by atoms with Crippen molar-refractivity contribution >= 4 is 17.3 Å². The van der Waals surface area contributed by atoms with Crippen LogP contribution in [-0.4, -0.2) is 35.1 Å². The van der Waals surface area contributed by atoms with Gasteiger partial charge < -0.3 is 14.7 Å². The Kier molecular flexibility index (Phi) is 4.45. The number of para-hydroxylation sites is 2. The van der Waals surface area contributed by atoms with E-state index in [1.165, 1.54) is 6.07 Å². The SMILES string of the molecule is Cc1cc(C(=O)NC2CCN(c3ccccc3[N+](=O)[O-])CC2)no1. The van der Waals surface area contributed by atoms with Gasteiger partial charge in [-0.25, -0.2) is 0 Å². The molecule has 0 atom stereocenters. The third kappa shape index (κ3) is 3.37. The molecule has 0 bridgehead atoms. The first-order chi connectivity index (χ1) is 11.5. The van der Waals surface area contributed by atoms with E-state index >= 15 is 0 Å². The number of amides is 1. The van der Waals surface area contributed by atoms with Crippen LogP contribution in [-0.2, 0) is 0 Å². The topological polar surface area (TPSA) is 102 Å². The molecule has 1 aromatic heterocycles. The van der Waals surface area contributed by atoms with Gasteiger partial charge >= 0.3 is 0 Å². The lowest BCUT2D eigenvalue weighted by Crippen LogP contribution is -2.44. The second-order valence-electron chi connectivity index (χ2n) is 5.80. The molecule has 1 aliphatic heterocycles. The Hall–Kier alpha value is -2.90. The van der Waals surface area contributed by atoms with E-state index in [4.69, 9.17) is 4.52 Å². The zero-order valence-corrected chi connectivity index (χ0v) is 13.3. The molecule has 8 nitrogen and oxygen atoms in total. The number of nitro groups is 1. The van der Waals surface area contributed by atoms with Crippen LogP contribution in [0.4, 0.5) is 11.4 Å². The van der Waals surface area contributed by atoms with Crippen LogP contribution in [0.2, 0.25) is 0 Å². The number of aryl methyl sites for hydroxylation is 1. The van der Waals surface area contributed by atoms with Gasteiger partial charge in [0.05, 0.1) is 4.92 Å². The number of nitrogens with zero attached hydrogens (tertiary/aromatic N) is 3. The molecule has 24 heavy (non-hydrogen) atoms. The van der Waals surface area contributed by atoms with Crippen LogP contribution >= 0.6 is 0 Å². The molecule has 1 aliphatic rings. The highest BCUT2D eigenvalue weighted by Gasteiger charge is 2.26. The normalized spacial score (nSPS) is 15.3. The third-order valence-corrected chi connectivity index (χ3v) is 4.11. The van der Waals surface area contributed by atoms with Crippen molar-refractivity contribution in [2.24, 2.45) is 0 Å². The number of anilines is 1. The lowest BCUT2D eigenvalue weighted by Gasteiger charge is -2.33. The molecule has 1 saturated heterocycles. The Morgan fingerprint density at radius 1 is 1.38 bits per heavy atom. The molecule has 126 valence electrons. The maximum absolute atomic E-state index is 12.1. The smallest absolute Gasteiger partial charge is 0.292 e. The molecule has 1 N–H and O–H groups in total. The number of nitro benzene ring substituents is 1. The van der Waals surface area contributed by atoms with Crippen LogP contribution in [0.5, 0.6) is 0 Å². The van der Waals surface area contributed by atoms with Crippen molar-refractivity contribution in [1.29, 1.82) is 0 Å². The van der Waals surface area contributed by atoms with Crippen LogP contribution in [0.1, 0.15) is 29.1 Å². The summed E-state index contributed by atoms with van der Waals surface area (Å²) in [6, 6.07) is 8.34. The number of nitrogens with one attached hydrogen (secondary N) is 1. The first-order valence-electron chi connectivity index (χ1n) is 7.77. The summed E-state index contributed by atoms with van der Waals surface area (Å²) in [5.74, 6) is 0.336. The van der Waals surface area contributed by atoms with E-state index in [9.17, 15) is 14.9 Å². The van der Waals surface area contributed by atoms with Crippen LogP contribution < -0.4 is 10.2 Å². The zero-order valence-electron chi connectivity index (χ0n) is 13.3. The molecular formula is C16H18N4O4. The quantitative estimate of drug-likeness (QED) is 0.682. The van der Waals surface area contributed by atoms with Crippen LogP contribution in [0.25, 0.3) is 0 Å². The van der Waals surface area contributed by atoms with E-state index in [1.807, 2.05) is 4.90 Å². The second-order valence-corrected chi connectivity index (χ2v) is 5.80. The highest BCUT2D eigenvalue weighted by atomic mass is 16.6. The zero-order chi connectivity index (χ0) is 17.1. The fourth-order valence-corrected chi connectivity index (χ4v) is 2.88. The number of hydrogen-bond donors (Lipinski definition) is 1. The lowest BCUT2D eigenvalue weighted by molar-refractivity contribution is -0.384. The van der Waals surface area contributed by atoms with Gasteiger partial charge in [0.15, 0.2) is 5.69 Å². The summed E-state index contributed by atoms with van der Waals surface area (Å²) in [5, 5.41) is 17.8. The lowest BCUT2D eigenvalue weighted by atomic mass is 10.0. The first kappa shape index (κ1) is 16.0. The number of aromatic nitrogens is 1. The fraction of sp³-hybridized carbons (Fsp3) is 0.375. The number of benzene rings is 1. The van der Waals surface area contributed by atoms with Gasteiger partial charge in [-0.3, -0.25) is 14.9 Å². The maximum atomic E-state index is 12.1. The molecule has 2 heterocycles. The fourth-order valence-electron chi connectivity index (χ4n) is 2.88. The Balaban J connectivity index is 1.60. The van der Waals surface area contributed by atoms with Crippen LogP contribution in [0.3, 0.4) is 0 Å². The van der Waals surface area contributed by atoms with E-state index < -0.39 is 0 Å². The van der Waals surface area contributed by atoms with Crippen molar-refractivity contribution < 1.29 is 14.2 Å². The van der Waals surface area contributed by atoms with Gasteiger partial charge in [0.1, 0.15) is 11.4 Å². The summed E-state index contributed by atoms with van der Waals surface area (Å²) in [7, 11) is 0. The Bertz CT molecular complexity index is 750. The summed E-state index contributed by atoms with van der Waals surface area (Å²) < 4.78 is 4.90. The maximum Gasteiger partial charge on any atom is 0.292 e. The predicted octanol–water partition coefficient (Wildman–Crippen LogP) is 2.29. The molecular weight excluding hydrogens is 312 g/mol. The predicted molar refractivity (Wildman–Crippen MR) is 87.0 cm³/mol. The highest BCUT2D eigenvalue weighted by molar-refractivity contribution is 5.92. The van der Waals surface area contributed by atoms with Crippen LogP contribution in [0, 0.1) is 17.0 Å². The van der Waals surface area contributed by atoms with E-state index in [-0.39, 0.29) is 28.3 Å². The van der Waals surface area contributed by atoms with Gasteiger partial charge in [-0.1, -0.05) is 17.3 Å². The van der Waals surface area contributed by atoms with E-state index in [0.29, 0.717) is 37.4 Å².